The Morgan fingerprint density at radius 1 is 1.32 bits per heavy atom. The lowest BCUT2D eigenvalue weighted by molar-refractivity contribution is -0.133. The van der Waals surface area contributed by atoms with Gasteiger partial charge in [-0.2, -0.15) is 0 Å². The highest BCUT2D eigenvalue weighted by atomic mass is 16.2. The first-order chi connectivity index (χ1) is 8.88. The zero-order chi connectivity index (χ0) is 14.0. The molecule has 0 aromatic heterocycles. The Kier molecular flexibility index (Phi) is 3.95. The highest BCUT2D eigenvalue weighted by Gasteiger charge is 2.27. The maximum absolute atomic E-state index is 12.3. The second kappa shape index (κ2) is 5.33. The van der Waals surface area contributed by atoms with E-state index in [0.717, 1.165) is 19.5 Å². The number of hydrogen-bond donors (Lipinski definition) is 1. The summed E-state index contributed by atoms with van der Waals surface area (Å²) in [6.45, 7) is 7.78. The van der Waals surface area contributed by atoms with Crippen LogP contribution in [0, 0.1) is 5.41 Å². The molecule has 1 aromatic rings. The number of amides is 1. The SMILES string of the molecule is CC(C)(C)C(N)CC(=O)N1CCc2ccccc2C1. The summed E-state index contributed by atoms with van der Waals surface area (Å²) in [7, 11) is 0. The minimum atomic E-state index is -0.0860. The Balaban J connectivity index is 1.99. The van der Waals surface area contributed by atoms with Gasteiger partial charge in [0.2, 0.25) is 5.91 Å². The summed E-state index contributed by atoms with van der Waals surface area (Å²) in [6, 6.07) is 8.27. The van der Waals surface area contributed by atoms with Crippen LogP contribution in [0.2, 0.25) is 0 Å². The van der Waals surface area contributed by atoms with E-state index in [-0.39, 0.29) is 17.4 Å². The van der Waals surface area contributed by atoms with E-state index in [1.807, 2.05) is 11.0 Å². The fraction of sp³-hybridized carbons (Fsp3) is 0.562. The van der Waals surface area contributed by atoms with Crippen molar-refractivity contribution in [1.29, 1.82) is 0 Å². The largest absolute Gasteiger partial charge is 0.338 e. The van der Waals surface area contributed by atoms with Crippen LogP contribution in [0.1, 0.15) is 38.3 Å². The molecule has 1 aliphatic rings. The Labute approximate surface area is 115 Å². The van der Waals surface area contributed by atoms with Crippen LogP contribution in [-0.2, 0) is 17.8 Å². The van der Waals surface area contributed by atoms with Gasteiger partial charge >= 0.3 is 0 Å². The molecular weight excluding hydrogens is 236 g/mol. The third kappa shape index (κ3) is 3.35. The monoisotopic (exact) mass is 260 g/mol. The van der Waals surface area contributed by atoms with Crippen LogP contribution in [0.5, 0.6) is 0 Å². The van der Waals surface area contributed by atoms with E-state index in [9.17, 15) is 4.79 Å². The molecule has 104 valence electrons. The zero-order valence-electron chi connectivity index (χ0n) is 12.1. The minimum Gasteiger partial charge on any atom is -0.338 e. The van der Waals surface area contributed by atoms with Gasteiger partial charge in [0, 0.05) is 25.6 Å². The van der Waals surface area contributed by atoms with Crippen LogP contribution < -0.4 is 5.73 Å². The number of benzene rings is 1. The Bertz CT molecular complexity index is 462. The van der Waals surface area contributed by atoms with Gasteiger partial charge in [0.25, 0.3) is 0 Å². The smallest absolute Gasteiger partial charge is 0.224 e. The van der Waals surface area contributed by atoms with Gasteiger partial charge in [-0.1, -0.05) is 45.0 Å². The lowest BCUT2D eigenvalue weighted by Gasteiger charge is -2.32. The van der Waals surface area contributed by atoms with Gasteiger partial charge < -0.3 is 10.6 Å². The Morgan fingerprint density at radius 2 is 1.95 bits per heavy atom. The third-order valence-electron chi connectivity index (χ3n) is 3.99. The van der Waals surface area contributed by atoms with Crippen LogP contribution in [0.4, 0.5) is 0 Å². The lowest BCUT2D eigenvalue weighted by atomic mass is 9.85. The topological polar surface area (TPSA) is 46.3 Å². The maximum atomic E-state index is 12.3. The first kappa shape index (κ1) is 14.1. The normalized spacial score (nSPS) is 16.9. The highest BCUT2D eigenvalue weighted by Crippen LogP contribution is 2.23. The summed E-state index contributed by atoms with van der Waals surface area (Å²) < 4.78 is 0. The summed E-state index contributed by atoms with van der Waals surface area (Å²) in [6.07, 6.45) is 1.39. The van der Waals surface area contributed by atoms with E-state index in [2.05, 4.69) is 39.0 Å². The van der Waals surface area contributed by atoms with Crippen molar-refractivity contribution in [1.82, 2.24) is 4.90 Å². The molecule has 1 aliphatic heterocycles. The summed E-state index contributed by atoms with van der Waals surface area (Å²) in [5.74, 6) is 0.178. The number of rotatable bonds is 2. The number of fused-ring (bicyclic) bond motifs is 1. The van der Waals surface area contributed by atoms with Crippen molar-refractivity contribution in [2.24, 2.45) is 11.1 Å². The average Bonchev–Trinajstić information content (AvgIpc) is 2.37. The summed E-state index contributed by atoms with van der Waals surface area (Å²) in [5.41, 5.74) is 8.72. The third-order valence-corrected chi connectivity index (χ3v) is 3.99. The van der Waals surface area contributed by atoms with Gasteiger partial charge in [-0.3, -0.25) is 4.79 Å². The van der Waals surface area contributed by atoms with Crippen molar-refractivity contribution in [3.05, 3.63) is 35.4 Å². The molecular formula is C16H24N2O. The Morgan fingerprint density at radius 3 is 2.58 bits per heavy atom. The Hall–Kier alpha value is -1.35. The van der Waals surface area contributed by atoms with Crippen molar-refractivity contribution < 1.29 is 4.79 Å². The molecule has 1 unspecified atom stereocenters. The molecule has 2 rings (SSSR count). The molecule has 0 fully saturated rings. The first-order valence-electron chi connectivity index (χ1n) is 6.98. The van der Waals surface area contributed by atoms with E-state index >= 15 is 0 Å². The molecule has 1 heterocycles. The van der Waals surface area contributed by atoms with E-state index in [1.165, 1.54) is 11.1 Å². The minimum absolute atomic E-state index is 0.0245. The number of hydrogen-bond acceptors (Lipinski definition) is 2. The van der Waals surface area contributed by atoms with Crippen LogP contribution in [-0.4, -0.2) is 23.4 Å². The second-order valence-corrected chi connectivity index (χ2v) is 6.51. The molecule has 1 atom stereocenters. The molecule has 2 N–H and O–H groups in total. The highest BCUT2D eigenvalue weighted by molar-refractivity contribution is 5.77. The molecule has 0 bridgehead atoms. The zero-order valence-corrected chi connectivity index (χ0v) is 12.1. The number of carbonyl (C=O) groups excluding carboxylic acids is 1. The van der Waals surface area contributed by atoms with Crippen molar-refractivity contribution in [2.45, 2.75) is 46.2 Å². The quantitative estimate of drug-likeness (QED) is 0.887. The molecule has 3 heteroatoms. The van der Waals surface area contributed by atoms with Gasteiger partial charge in [-0.05, 0) is 23.0 Å². The van der Waals surface area contributed by atoms with Gasteiger partial charge in [0.15, 0.2) is 0 Å². The van der Waals surface area contributed by atoms with Gasteiger partial charge in [0.05, 0.1) is 0 Å². The molecule has 0 aliphatic carbocycles. The molecule has 19 heavy (non-hydrogen) atoms. The standard InChI is InChI=1S/C16H24N2O/c1-16(2,3)14(17)10-15(19)18-9-8-12-6-4-5-7-13(12)11-18/h4-7,14H,8-11,17H2,1-3H3. The van der Waals surface area contributed by atoms with E-state index in [1.54, 1.807) is 0 Å². The maximum Gasteiger partial charge on any atom is 0.224 e. The summed E-state index contributed by atoms with van der Waals surface area (Å²) in [5, 5.41) is 0. The van der Waals surface area contributed by atoms with Crippen LogP contribution in [0.25, 0.3) is 0 Å². The average molecular weight is 260 g/mol. The predicted molar refractivity (Wildman–Crippen MR) is 77.6 cm³/mol. The van der Waals surface area contributed by atoms with Gasteiger partial charge in [-0.25, -0.2) is 0 Å². The molecule has 3 nitrogen and oxygen atoms in total. The van der Waals surface area contributed by atoms with Crippen molar-refractivity contribution in [2.75, 3.05) is 6.54 Å². The fourth-order valence-electron chi connectivity index (χ4n) is 2.33. The number of carbonyl (C=O) groups is 1. The van der Waals surface area contributed by atoms with Gasteiger partial charge in [-0.15, -0.1) is 0 Å². The van der Waals surface area contributed by atoms with Crippen molar-refractivity contribution in [3.8, 4) is 0 Å². The van der Waals surface area contributed by atoms with E-state index in [0.29, 0.717) is 6.42 Å². The summed E-state index contributed by atoms with van der Waals surface area (Å²) in [4.78, 5) is 14.2. The molecule has 0 radical (unpaired) electrons. The van der Waals surface area contributed by atoms with Crippen molar-refractivity contribution in [3.63, 3.8) is 0 Å². The van der Waals surface area contributed by atoms with Gasteiger partial charge in [0.1, 0.15) is 0 Å². The molecule has 1 amide bonds. The van der Waals surface area contributed by atoms with Crippen LogP contribution in [0.15, 0.2) is 24.3 Å². The second-order valence-electron chi connectivity index (χ2n) is 6.51. The summed E-state index contributed by atoms with van der Waals surface area (Å²) >= 11 is 0. The van der Waals surface area contributed by atoms with Crippen LogP contribution in [0.3, 0.4) is 0 Å². The van der Waals surface area contributed by atoms with Crippen LogP contribution >= 0.6 is 0 Å². The fourth-order valence-corrected chi connectivity index (χ4v) is 2.33. The lowest BCUT2D eigenvalue weighted by Crippen LogP contribution is -2.43. The molecule has 0 saturated carbocycles. The van der Waals surface area contributed by atoms with E-state index in [4.69, 9.17) is 5.73 Å². The van der Waals surface area contributed by atoms with E-state index < -0.39 is 0 Å². The number of nitrogens with zero attached hydrogens (tertiary/aromatic N) is 1. The van der Waals surface area contributed by atoms with Crippen molar-refractivity contribution >= 4 is 5.91 Å². The predicted octanol–water partition coefficient (Wildman–Crippen LogP) is 2.33. The molecule has 1 aromatic carbocycles. The first-order valence-corrected chi connectivity index (χ1v) is 6.98. The number of nitrogens with two attached hydrogens (primary N) is 1. The molecule has 0 saturated heterocycles. The molecule has 0 spiro atoms.